The van der Waals surface area contributed by atoms with E-state index < -0.39 is 15.6 Å². The number of carbonyl (C=O) groups is 1. The summed E-state index contributed by atoms with van der Waals surface area (Å²) in [5, 5.41) is 1.03. The summed E-state index contributed by atoms with van der Waals surface area (Å²) in [6, 6.07) is 19.6. The Kier molecular flexibility index (Phi) is 5.85. The molecule has 2 aromatic carbocycles. The second kappa shape index (κ2) is 8.96. The summed E-state index contributed by atoms with van der Waals surface area (Å²) in [7, 11) is -3.67. The van der Waals surface area contributed by atoms with E-state index in [-0.39, 0.29) is 17.2 Å². The number of hydrogen-bond donors (Lipinski definition) is 0. The summed E-state index contributed by atoms with van der Waals surface area (Å²) in [4.78, 5) is 29.6. The lowest BCUT2D eigenvalue weighted by Crippen LogP contribution is -2.30. The third-order valence-corrected chi connectivity index (χ3v) is 8.00. The summed E-state index contributed by atoms with van der Waals surface area (Å²) in [5.41, 5.74) is 2.91. The van der Waals surface area contributed by atoms with Crippen LogP contribution >= 0.6 is 0 Å². The minimum Gasteiger partial charge on any atom is -0.306 e. The number of sulfonamides is 1. The zero-order chi connectivity index (χ0) is 23.7. The van der Waals surface area contributed by atoms with E-state index >= 15 is 0 Å². The Morgan fingerprint density at radius 3 is 2.41 bits per heavy atom. The van der Waals surface area contributed by atoms with Crippen molar-refractivity contribution in [3.05, 3.63) is 95.0 Å². The molecule has 34 heavy (non-hydrogen) atoms. The van der Waals surface area contributed by atoms with Crippen molar-refractivity contribution < 1.29 is 13.2 Å². The van der Waals surface area contributed by atoms with Gasteiger partial charge < -0.3 is 4.57 Å². The Hall–Kier alpha value is -3.62. The molecule has 0 saturated carbocycles. The zero-order valence-electron chi connectivity index (χ0n) is 18.4. The third kappa shape index (κ3) is 4.30. The van der Waals surface area contributed by atoms with Gasteiger partial charge in [-0.3, -0.25) is 14.6 Å². The summed E-state index contributed by atoms with van der Waals surface area (Å²) >= 11 is 0. The monoisotopic (exact) mass is 473 g/mol. The molecule has 1 saturated heterocycles. The fourth-order valence-electron chi connectivity index (χ4n) is 4.21. The number of ketones is 1. The SMILES string of the molecule is O=C(Cn1cc(S(=O)(=O)N2CCCC2)ccc1=O)c1ccc(-c2ccc3ncccc3c2)cc1. The molecule has 0 N–H and O–H groups in total. The van der Waals surface area contributed by atoms with Gasteiger partial charge in [-0.15, -0.1) is 0 Å². The van der Waals surface area contributed by atoms with Gasteiger partial charge in [0, 0.05) is 42.5 Å². The highest BCUT2D eigenvalue weighted by Gasteiger charge is 2.27. The standard InChI is InChI=1S/C26H23N3O4S/c30-25(18-28-17-23(10-12-26(28)31)34(32,33)29-14-1-2-15-29)20-7-5-19(6-8-20)21-9-11-24-22(16-21)4-3-13-27-24/h3-13,16-17H,1-2,14-15,18H2. The van der Waals surface area contributed by atoms with Crippen molar-refractivity contribution in [3.63, 3.8) is 0 Å². The summed E-state index contributed by atoms with van der Waals surface area (Å²) in [6.07, 6.45) is 4.67. The number of aromatic nitrogens is 2. The molecular weight excluding hydrogens is 450 g/mol. The van der Waals surface area contributed by atoms with E-state index in [0.29, 0.717) is 18.7 Å². The van der Waals surface area contributed by atoms with Crippen LogP contribution in [0.25, 0.3) is 22.0 Å². The van der Waals surface area contributed by atoms with Crippen LogP contribution in [0.4, 0.5) is 0 Å². The molecular formula is C26H23N3O4S. The minimum absolute atomic E-state index is 0.0305. The predicted molar refractivity (Wildman–Crippen MR) is 130 cm³/mol. The highest BCUT2D eigenvalue weighted by Crippen LogP contribution is 2.24. The van der Waals surface area contributed by atoms with Crippen LogP contribution in [0.5, 0.6) is 0 Å². The highest BCUT2D eigenvalue weighted by atomic mass is 32.2. The quantitative estimate of drug-likeness (QED) is 0.398. The molecule has 0 aliphatic carbocycles. The lowest BCUT2D eigenvalue weighted by Gasteiger charge is -2.16. The number of pyridine rings is 2. The Labute approximate surface area is 197 Å². The molecule has 1 aliphatic rings. The third-order valence-electron chi connectivity index (χ3n) is 6.12. The maximum Gasteiger partial charge on any atom is 0.251 e. The fourth-order valence-corrected chi connectivity index (χ4v) is 5.75. The maximum atomic E-state index is 12.9. The number of nitrogens with zero attached hydrogens (tertiary/aromatic N) is 3. The van der Waals surface area contributed by atoms with Gasteiger partial charge in [0.25, 0.3) is 5.56 Å². The average molecular weight is 474 g/mol. The zero-order valence-corrected chi connectivity index (χ0v) is 19.2. The van der Waals surface area contributed by atoms with Crippen LogP contribution in [0.15, 0.2) is 88.8 Å². The Bertz CT molecular complexity index is 1540. The van der Waals surface area contributed by atoms with Gasteiger partial charge in [0.1, 0.15) is 0 Å². The molecule has 2 aromatic heterocycles. The summed E-state index contributed by atoms with van der Waals surface area (Å²) in [6.45, 7) is 0.712. The number of hydrogen-bond acceptors (Lipinski definition) is 5. The summed E-state index contributed by atoms with van der Waals surface area (Å²) in [5.74, 6) is -0.271. The van der Waals surface area contributed by atoms with Gasteiger partial charge >= 0.3 is 0 Å². The first-order valence-corrected chi connectivity index (χ1v) is 12.5. The van der Waals surface area contributed by atoms with Crippen molar-refractivity contribution in [3.8, 4) is 11.1 Å². The van der Waals surface area contributed by atoms with Gasteiger partial charge in [-0.05, 0) is 48.2 Å². The van der Waals surface area contributed by atoms with Crippen LogP contribution in [0.1, 0.15) is 23.2 Å². The second-order valence-electron chi connectivity index (χ2n) is 8.35. The van der Waals surface area contributed by atoms with Crippen molar-refractivity contribution in [2.24, 2.45) is 0 Å². The molecule has 1 aliphatic heterocycles. The normalized spacial score (nSPS) is 14.5. The average Bonchev–Trinajstić information content (AvgIpc) is 3.41. The van der Waals surface area contributed by atoms with Gasteiger partial charge in [0.05, 0.1) is 17.0 Å². The predicted octanol–water partition coefficient (Wildman–Crippen LogP) is 3.73. The second-order valence-corrected chi connectivity index (χ2v) is 10.3. The Morgan fingerprint density at radius 2 is 1.65 bits per heavy atom. The first kappa shape index (κ1) is 22.2. The van der Waals surface area contributed by atoms with Crippen molar-refractivity contribution in [2.45, 2.75) is 24.3 Å². The molecule has 4 aromatic rings. The number of fused-ring (bicyclic) bond motifs is 1. The molecule has 1 fully saturated rings. The van der Waals surface area contributed by atoms with Crippen LogP contribution in [-0.4, -0.2) is 41.1 Å². The maximum absolute atomic E-state index is 12.9. The Morgan fingerprint density at radius 1 is 0.912 bits per heavy atom. The molecule has 7 nitrogen and oxygen atoms in total. The lowest BCUT2D eigenvalue weighted by atomic mass is 10.0. The molecule has 8 heteroatoms. The van der Waals surface area contributed by atoms with E-state index in [9.17, 15) is 18.0 Å². The van der Waals surface area contributed by atoms with E-state index in [2.05, 4.69) is 4.98 Å². The van der Waals surface area contributed by atoms with Crippen LogP contribution in [0.2, 0.25) is 0 Å². The number of rotatable bonds is 6. The molecule has 172 valence electrons. The molecule has 3 heterocycles. The molecule has 0 unspecified atom stereocenters. The summed E-state index contributed by atoms with van der Waals surface area (Å²) < 4.78 is 28.2. The molecule has 5 rings (SSSR count). The first-order valence-electron chi connectivity index (χ1n) is 11.1. The number of benzene rings is 2. The van der Waals surface area contributed by atoms with Crippen LogP contribution in [0, 0.1) is 0 Å². The van der Waals surface area contributed by atoms with Gasteiger partial charge in [0.15, 0.2) is 5.78 Å². The van der Waals surface area contributed by atoms with E-state index in [1.807, 2.05) is 42.5 Å². The minimum atomic E-state index is -3.67. The van der Waals surface area contributed by atoms with Gasteiger partial charge in [-0.25, -0.2) is 8.42 Å². The van der Waals surface area contributed by atoms with Gasteiger partial charge in [0.2, 0.25) is 10.0 Å². The molecule has 0 amide bonds. The molecule has 0 radical (unpaired) electrons. The van der Waals surface area contributed by atoms with E-state index in [1.165, 1.54) is 22.6 Å². The smallest absolute Gasteiger partial charge is 0.251 e. The van der Waals surface area contributed by atoms with Crippen LogP contribution in [0.3, 0.4) is 0 Å². The van der Waals surface area contributed by atoms with Crippen LogP contribution in [-0.2, 0) is 16.6 Å². The van der Waals surface area contributed by atoms with Gasteiger partial charge in [-0.2, -0.15) is 4.31 Å². The van der Waals surface area contributed by atoms with Crippen molar-refractivity contribution in [1.29, 1.82) is 0 Å². The van der Waals surface area contributed by atoms with Crippen molar-refractivity contribution in [2.75, 3.05) is 13.1 Å². The topological polar surface area (TPSA) is 89.3 Å². The van der Waals surface area contributed by atoms with Crippen molar-refractivity contribution in [1.82, 2.24) is 13.9 Å². The van der Waals surface area contributed by atoms with E-state index in [0.717, 1.165) is 39.4 Å². The number of carbonyl (C=O) groups excluding carboxylic acids is 1. The van der Waals surface area contributed by atoms with Gasteiger partial charge in [-0.1, -0.05) is 36.4 Å². The van der Waals surface area contributed by atoms with Crippen molar-refractivity contribution >= 4 is 26.7 Å². The lowest BCUT2D eigenvalue weighted by molar-refractivity contribution is 0.0970. The van der Waals surface area contributed by atoms with Crippen LogP contribution < -0.4 is 5.56 Å². The molecule has 0 bridgehead atoms. The fraction of sp³-hybridized carbons (Fsp3) is 0.192. The largest absolute Gasteiger partial charge is 0.306 e. The molecule has 0 spiro atoms. The first-order chi connectivity index (χ1) is 16.4. The molecule has 0 atom stereocenters. The van der Waals surface area contributed by atoms with E-state index in [4.69, 9.17) is 0 Å². The van der Waals surface area contributed by atoms with E-state index in [1.54, 1.807) is 18.3 Å². The Balaban J connectivity index is 1.36. The highest BCUT2D eigenvalue weighted by molar-refractivity contribution is 7.89. The number of Topliss-reactive ketones (excluding diaryl/α,β-unsaturated/α-hetero) is 1.